The molecule has 0 aliphatic carbocycles. The fourth-order valence-electron chi connectivity index (χ4n) is 2.64. The van der Waals surface area contributed by atoms with Crippen LogP contribution >= 0.6 is 11.6 Å². The van der Waals surface area contributed by atoms with E-state index in [1.807, 2.05) is 0 Å². The number of carboxylic acids is 1. The first-order valence-corrected chi connectivity index (χ1v) is 9.82. The number of alkyl halides is 6. The van der Waals surface area contributed by atoms with E-state index in [2.05, 4.69) is 0 Å². The van der Waals surface area contributed by atoms with Crippen molar-refractivity contribution in [3.63, 3.8) is 0 Å². The number of hydrogen-bond acceptors (Lipinski definition) is 3. The predicted octanol–water partition coefficient (Wildman–Crippen LogP) is 5.96. The molecule has 2 atom stereocenters. The number of carbonyl (C=O) groups excluding carboxylic acids is 1. The molecular weight excluding hydrogens is 411 g/mol. The van der Waals surface area contributed by atoms with Crippen LogP contribution in [0.1, 0.15) is 71.6 Å². The van der Waals surface area contributed by atoms with E-state index in [-0.39, 0.29) is 12.8 Å². The van der Waals surface area contributed by atoms with Crippen LogP contribution in [0.15, 0.2) is 0 Å². The fourth-order valence-corrected chi connectivity index (χ4v) is 2.83. The SMILES string of the molecule is CCC(C)OC(=O)C(CCCCCCCl)(CCCC(F)(F)C(F)(F)F)C(=O)O. The first-order chi connectivity index (χ1) is 12.8. The minimum atomic E-state index is -5.72. The molecule has 0 aliphatic heterocycles. The summed E-state index contributed by atoms with van der Waals surface area (Å²) in [6, 6.07) is 0. The van der Waals surface area contributed by atoms with E-state index in [0.717, 1.165) is 0 Å². The molecule has 2 unspecified atom stereocenters. The second-order valence-corrected chi connectivity index (χ2v) is 7.30. The maximum absolute atomic E-state index is 13.2. The van der Waals surface area contributed by atoms with Gasteiger partial charge in [0.2, 0.25) is 0 Å². The molecule has 0 radical (unpaired) electrons. The van der Waals surface area contributed by atoms with Gasteiger partial charge in [0.25, 0.3) is 0 Å². The molecule has 0 aliphatic rings. The van der Waals surface area contributed by atoms with E-state index in [1.54, 1.807) is 13.8 Å². The van der Waals surface area contributed by atoms with Crippen molar-refractivity contribution in [1.82, 2.24) is 0 Å². The molecule has 166 valence electrons. The Balaban J connectivity index is 5.31. The van der Waals surface area contributed by atoms with Gasteiger partial charge in [0, 0.05) is 12.3 Å². The second-order valence-electron chi connectivity index (χ2n) is 6.92. The molecule has 0 heterocycles. The van der Waals surface area contributed by atoms with Crippen LogP contribution in [-0.4, -0.2) is 41.1 Å². The lowest BCUT2D eigenvalue weighted by molar-refractivity contribution is -0.284. The quantitative estimate of drug-likeness (QED) is 0.119. The van der Waals surface area contributed by atoms with Crippen molar-refractivity contribution in [3.05, 3.63) is 0 Å². The van der Waals surface area contributed by atoms with Crippen molar-refractivity contribution in [2.24, 2.45) is 5.41 Å². The van der Waals surface area contributed by atoms with Crippen molar-refractivity contribution >= 4 is 23.5 Å². The molecule has 0 saturated carbocycles. The zero-order valence-electron chi connectivity index (χ0n) is 16.1. The van der Waals surface area contributed by atoms with Gasteiger partial charge in [-0.1, -0.05) is 26.2 Å². The Morgan fingerprint density at radius 3 is 1.96 bits per heavy atom. The van der Waals surface area contributed by atoms with E-state index in [0.29, 0.717) is 31.6 Å². The van der Waals surface area contributed by atoms with Gasteiger partial charge in [-0.2, -0.15) is 22.0 Å². The van der Waals surface area contributed by atoms with Gasteiger partial charge in [-0.3, -0.25) is 9.59 Å². The van der Waals surface area contributed by atoms with Gasteiger partial charge in [0.05, 0.1) is 6.10 Å². The van der Waals surface area contributed by atoms with E-state index >= 15 is 0 Å². The number of rotatable bonds is 14. The van der Waals surface area contributed by atoms with Crippen LogP contribution in [0.3, 0.4) is 0 Å². The number of carboxylic acid groups (broad SMARTS) is 1. The Labute approximate surface area is 166 Å². The van der Waals surface area contributed by atoms with Crippen molar-refractivity contribution in [1.29, 1.82) is 0 Å². The van der Waals surface area contributed by atoms with Crippen molar-refractivity contribution in [2.75, 3.05) is 5.88 Å². The molecule has 0 aromatic rings. The highest BCUT2D eigenvalue weighted by Crippen LogP contribution is 2.41. The molecule has 28 heavy (non-hydrogen) atoms. The molecular formula is C18H28ClF5O4. The first-order valence-electron chi connectivity index (χ1n) is 9.29. The second kappa shape index (κ2) is 11.8. The third-order valence-electron chi connectivity index (χ3n) is 4.68. The number of ether oxygens (including phenoxy) is 1. The third-order valence-corrected chi connectivity index (χ3v) is 4.95. The minimum Gasteiger partial charge on any atom is -0.480 e. The molecule has 4 nitrogen and oxygen atoms in total. The van der Waals surface area contributed by atoms with Crippen LogP contribution in [0.2, 0.25) is 0 Å². The molecule has 0 rings (SSSR count). The molecule has 0 aromatic heterocycles. The van der Waals surface area contributed by atoms with Gasteiger partial charge in [-0.25, -0.2) is 0 Å². The average molecular weight is 439 g/mol. The summed E-state index contributed by atoms with van der Waals surface area (Å²) in [6.45, 7) is 3.25. The average Bonchev–Trinajstić information content (AvgIpc) is 2.58. The Kier molecular flexibility index (Phi) is 11.3. The van der Waals surface area contributed by atoms with Crippen LogP contribution in [0.25, 0.3) is 0 Å². The maximum atomic E-state index is 13.2. The predicted molar refractivity (Wildman–Crippen MR) is 94.6 cm³/mol. The number of halogens is 6. The van der Waals surface area contributed by atoms with Gasteiger partial charge >= 0.3 is 24.0 Å². The van der Waals surface area contributed by atoms with Gasteiger partial charge in [0.1, 0.15) is 0 Å². The van der Waals surface area contributed by atoms with Crippen LogP contribution < -0.4 is 0 Å². The monoisotopic (exact) mass is 438 g/mol. The fraction of sp³-hybridized carbons (Fsp3) is 0.889. The number of unbranched alkanes of at least 4 members (excludes halogenated alkanes) is 3. The smallest absolute Gasteiger partial charge is 0.453 e. The number of esters is 1. The summed E-state index contributed by atoms with van der Waals surface area (Å²) in [6.07, 6.45) is -6.92. The van der Waals surface area contributed by atoms with Crippen molar-refractivity contribution in [2.45, 2.75) is 89.8 Å². The summed E-state index contributed by atoms with van der Waals surface area (Å²) in [5.74, 6) is -7.19. The van der Waals surface area contributed by atoms with Crippen LogP contribution in [0.5, 0.6) is 0 Å². The Morgan fingerprint density at radius 1 is 0.964 bits per heavy atom. The molecule has 10 heteroatoms. The molecule has 0 bridgehead atoms. The molecule has 0 aromatic carbocycles. The lowest BCUT2D eigenvalue weighted by Crippen LogP contribution is -2.43. The van der Waals surface area contributed by atoms with Gasteiger partial charge in [0.15, 0.2) is 5.41 Å². The number of carbonyl (C=O) groups is 2. The van der Waals surface area contributed by atoms with Gasteiger partial charge in [-0.05, 0) is 39.0 Å². The van der Waals surface area contributed by atoms with Crippen molar-refractivity contribution < 1.29 is 41.4 Å². The van der Waals surface area contributed by atoms with E-state index in [4.69, 9.17) is 16.3 Å². The Hall–Kier alpha value is -1.12. The summed E-state index contributed by atoms with van der Waals surface area (Å²) in [4.78, 5) is 24.4. The molecule has 0 fully saturated rings. The summed E-state index contributed by atoms with van der Waals surface area (Å²) >= 11 is 5.56. The first kappa shape index (κ1) is 26.9. The summed E-state index contributed by atoms with van der Waals surface area (Å²) in [5, 5.41) is 9.64. The summed E-state index contributed by atoms with van der Waals surface area (Å²) in [7, 11) is 0. The highest BCUT2D eigenvalue weighted by Gasteiger charge is 2.57. The Morgan fingerprint density at radius 2 is 1.50 bits per heavy atom. The lowest BCUT2D eigenvalue weighted by atomic mass is 9.77. The maximum Gasteiger partial charge on any atom is 0.453 e. The topological polar surface area (TPSA) is 63.6 Å². The standard InChI is InChI=1S/C18H28ClF5O4/c1-3-13(2)28-15(27)16(14(25)26,9-6-4-5-7-12-19)10-8-11-17(20,21)18(22,23)24/h13H,3-12H2,1-2H3,(H,25,26). The van der Waals surface area contributed by atoms with E-state index in [1.165, 1.54) is 0 Å². The zero-order chi connectivity index (χ0) is 22.0. The molecule has 1 N–H and O–H groups in total. The third kappa shape index (κ3) is 8.09. The summed E-state index contributed by atoms with van der Waals surface area (Å²) < 4.78 is 68.5. The van der Waals surface area contributed by atoms with Crippen molar-refractivity contribution in [3.8, 4) is 0 Å². The zero-order valence-corrected chi connectivity index (χ0v) is 16.8. The number of aliphatic carboxylic acids is 1. The molecule has 0 amide bonds. The van der Waals surface area contributed by atoms with E-state index in [9.17, 15) is 36.6 Å². The van der Waals surface area contributed by atoms with Crippen LogP contribution in [0, 0.1) is 5.41 Å². The molecule has 0 saturated heterocycles. The Bertz CT molecular complexity index is 499. The summed E-state index contributed by atoms with van der Waals surface area (Å²) in [5.41, 5.74) is -2.15. The lowest BCUT2D eigenvalue weighted by Gasteiger charge is -2.29. The highest BCUT2D eigenvalue weighted by atomic mass is 35.5. The number of hydrogen-bond donors (Lipinski definition) is 1. The largest absolute Gasteiger partial charge is 0.480 e. The highest BCUT2D eigenvalue weighted by molar-refractivity contribution is 6.17. The van der Waals surface area contributed by atoms with Crippen LogP contribution in [0.4, 0.5) is 22.0 Å². The molecule has 0 spiro atoms. The van der Waals surface area contributed by atoms with E-state index < -0.39 is 54.8 Å². The minimum absolute atomic E-state index is 0.197. The van der Waals surface area contributed by atoms with Gasteiger partial charge < -0.3 is 9.84 Å². The van der Waals surface area contributed by atoms with Crippen LogP contribution in [-0.2, 0) is 14.3 Å². The normalized spacial score (nSPS) is 15.7. The van der Waals surface area contributed by atoms with Gasteiger partial charge in [-0.15, -0.1) is 11.6 Å².